The number of rotatable bonds is 9. The van der Waals surface area contributed by atoms with Gasteiger partial charge in [0.2, 0.25) is 5.89 Å². The molecule has 21 heavy (non-hydrogen) atoms. The van der Waals surface area contributed by atoms with Crippen molar-refractivity contribution in [3.8, 4) is 0 Å². The Bertz CT molecular complexity index is 515. The molecule has 4 nitrogen and oxygen atoms in total. The van der Waals surface area contributed by atoms with Gasteiger partial charge in [-0.05, 0) is 25.0 Å². The minimum Gasteiger partial charge on any atom is -0.385 e. The highest BCUT2D eigenvalue weighted by Crippen LogP contribution is 2.18. The molecule has 0 saturated heterocycles. The predicted octanol–water partition coefficient (Wildman–Crippen LogP) is 4.15. The standard InChI is InChI=1S/C16H23N3OS/c1-3-13(2)21-12-15-18-16(20-19-15)10-7-11-17-14-8-5-4-6-9-14/h4-6,8-9,13,17H,3,7,10-12H2,1-2H3. The summed E-state index contributed by atoms with van der Waals surface area (Å²) in [6.45, 7) is 5.32. The van der Waals surface area contributed by atoms with E-state index >= 15 is 0 Å². The predicted molar refractivity (Wildman–Crippen MR) is 88.6 cm³/mol. The number of thioether (sulfide) groups is 1. The molecule has 0 fully saturated rings. The lowest BCUT2D eigenvalue weighted by Crippen LogP contribution is -2.02. The quantitative estimate of drug-likeness (QED) is 0.705. The first-order chi connectivity index (χ1) is 10.3. The van der Waals surface area contributed by atoms with Crippen LogP contribution in [0, 0.1) is 0 Å². The van der Waals surface area contributed by atoms with Crippen LogP contribution in [0.4, 0.5) is 5.69 Å². The highest BCUT2D eigenvalue weighted by molar-refractivity contribution is 7.99. The molecule has 1 heterocycles. The zero-order valence-electron chi connectivity index (χ0n) is 12.7. The van der Waals surface area contributed by atoms with Gasteiger partial charge in [0.1, 0.15) is 0 Å². The summed E-state index contributed by atoms with van der Waals surface area (Å²) in [5, 5.41) is 8.05. The van der Waals surface area contributed by atoms with Gasteiger partial charge >= 0.3 is 0 Å². The molecule has 2 rings (SSSR count). The molecule has 1 atom stereocenters. The first-order valence-corrected chi connectivity index (χ1v) is 8.54. The number of aromatic nitrogens is 2. The van der Waals surface area contributed by atoms with E-state index in [1.807, 2.05) is 30.0 Å². The van der Waals surface area contributed by atoms with Crippen LogP contribution >= 0.6 is 11.8 Å². The van der Waals surface area contributed by atoms with Gasteiger partial charge in [-0.1, -0.05) is 37.2 Å². The van der Waals surface area contributed by atoms with Crippen molar-refractivity contribution in [2.24, 2.45) is 0 Å². The van der Waals surface area contributed by atoms with Crippen molar-refractivity contribution in [3.05, 3.63) is 42.0 Å². The number of nitrogens with one attached hydrogen (secondary N) is 1. The van der Waals surface area contributed by atoms with Gasteiger partial charge in [0.05, 0.1) is 5.75 Å². The van der Waals surface area contributed by atoms with Gasteiger partial charge in [-0.2, -0.15) is 16.7 Å². The van der Waals surface area contributed by atoms with Crippen LogP contribution in [-0.4, -0.2) is 21.9 Å². The molecule has 0 amide bonds. The maximum Gasteiger partial charge on any atom is 0.226 e. The second-order valence-electron chi connectivity index (χ2n) is 5.03. The van der Waals surface area contributed by atoms with E-state index in [-0.39, 0.29) is 0 Å². The van der Waals surface area contributed by atoms with E-state index in [4.69, 9.17) is 4.52 Å². The Balaban J connectivity index is 1.66. The minimum atomic E-state index is 0.641. The van der Waals surface area contributed by atoms with Gasteiger partial charge in [0, 0.05) is 23.9 Å². The Morgan fingerprint density at radius 3 is 2.86 bits per heavy atom. The highest BCUT2D eigenvalue weighted by atomic mass is 32.2. The molecule has 1 N–H and O–H groups in total. The average molecular weight is 305 g/mol. The lowest BCUT2D eigenvalue weighted by Gasteiger charge is -2.04. The van der Waals surface area contributed by atoms with E-state index in [1.54, 1.807) is 0 Å². The number of hydrogen-bond acceptors (Lipinski definition) is 5. The third-order valence-corrected chi connectivity index (χ3v) is 4.58. The van der Waals surface area contributed by atoms with E-state index in [0.29, 0.717) is 5.25 Å². The number of aryl methyl sites for hydroxylation is 1. The second-order valence-corrected chi connectivity index (χ2v) is 6.46. The van der Waals surface area contributed by atoms with Crippen LogP contribution in [0.2, 0.25) is 0 Å². The molecular formula is C16H23N3OS. The Morgan fingerprint density at radius 1 is 1.29 bits per heavy atom. The van der Waals surface area contributed by atoms with Crippen LogP contribution in [0.25, 0.3) is 0 Å². The van der Waals surface area contributed by atoms with Crippen molar-refractivity contribution in [2.45, 2.75) is 44.1 Å². The van der Waals surface area contributed by atoms with Gasteiger partial charge in [-0.3, -0.25) is 0 Å². The number of anilines is 1. The van der Waals surface area contributed by atoms with Gasteiger partial charge < -0.3 is 9.84 Å². The number of para-hydroxylation sites is 1. The summed E-state index contributed by atoms with van der Waals surface area (Å²) >= 11 is 1.87. The summed E-state index contributed by atoms with van der Waals surface area (Å²) < 4.78 is 5.28. The first-order valence-electron chi connectivity index (χ1n) is 7.50. The van der Waals surface area contributed by atoms with Crippen LogP contribution < -0.4 is 5.32 Å². The molecule has 2 aromatic rings. The van der Waals surface area contributed by atoms with Crippen molar-refractivity contribution in [1.29, 1.82) is 0 Å². The molecule has 0 saturated carbocycles. The summed E-state index contributed by atoms with van der Waals surface area (Å²) in [5.74, 6) is 2.39. The summed E-state index contributed by atoms with van der Waals surface area (Å²) in [4.78, 5) is 4.43. The zero-order valence-corrected chi connectivity index (χ0v) is 13.5. The Labute approximate surface area is 130 Å². The molecule has 0 bridgehead atoms. The maximum absolute atomic E-state index is 5.28. The van der Waals surface area contributed by atoms with Gasteiger partial charge in [-0.25, -0.2) is 0 Å². The van der Waals surface area contributed by atoms with Crippen molar-refractivity contribution in [1.82, 2.24) is 10.1 Å². The van der Waals surface area contributed by atoms with Crippen molar-refractivity contribution in [2.75, 3.05) is 11.9 Å². The topological polar surface area (TPSA) is 51.0 Å². The average Bonchev–Trinajstić information content (AvgIpc) is 2.98. The molecule has 5 heteroatoms. The molecule has 1 aromatic heterocycles. The van der Waals surface area contributed by atoms with Crippen LogP contribution in [0.15, 0.2) is 34.9 Å². The number of benzene rings is 1. The minimum absolute atomic E-state index is 0.641. The van der Waals surface area contributed by atoms with E-state index in [2.05, 4.69) is 41.4 Å². The fourth-order valence-corrected chi connectivity index (χ4v) is 2.60. The zero-order chi connectivity index (χ0) is 14.9. The third-order valence-electron chi connectivity index (χ3n) is 3.25. The normalized spacial score (nSPS) is 12.3. The molecule has 0 aliphatic heterocycles. The molecule has 0 aliphatic rings. The smallest absolute Gasteiger partial charge is 0.226 e. The van der Waals surface area contributed by atoms with E-state index in [1.165, 1.54) is 6.42 Å². The summed E-state index contributed by atoms with van der Waals surface area (Å²) in [5.41, 5.74) is 1.15. The molecule has 0 aliphatic carbocycles. The molecular weight excluding hydrogens is 282 g/mol. The van der Waals surface area contributed by atoms with E-state index in [0.717, 1.165) is 42.5 Å². The first kappa shape index (κ1) is 15.9. The number of nitrogens with zero attached hydrogens (tertiary/aromatic N) is 2. The van der Waals surface area contributed by atoms with Crippen LogP contribution in [0.3, 0.4) is 0 Å². The Morgan fingerprint density at radius 2 is 2.10 bits per heavy atom. The molecule has 0 radical (unpaired) electrons. The van der Waals surface area contributed by atoms with Crippen molar-refractivity contribution < 1.29 is 4.52 Å². The molecule has 114 valence electrons. The van der Waals surface area contributed by atoms with Crippen LogP contribution in [-0.2, 0) is 12.2 Å². The molecule has 0 spiro atoms. The summed E-state index contributed by atoms with van der Waals surface area (Å²) in [6.07, 6.45) is 2.97. The monoisotopic (exact) mass is 305 g/mol. The SMILES string of the molecule is CCC(C)SCc1noc(CCCNc2ccccc2)n1. The van der Waals surface area contributed by atoms with Gasteiger partial charge in [-0.15, -0.1) is 0 Å². The van der Waals surface area contributed by atoms with Crippen molar-refractivity contribution >= 4 is 17.4 Å². The van der Waals surface area contributed by atoms with E-state index < -0.39 is 0 Å². The lowest BCUT2D eigenvalue weighted by atomic mass is 10.3. The third kappa shape index (κ3) is 5.79. The Kier molecular flexibility index (Phi) is 6.60. The van der Waals surface area contributed by atoms with Gasteiger partial charge in [0.25, 0.3) is 0 Å². The Hall–Kier alpha value is -1.49. The number of hydrogen-bond donors (Lipinski definition) is 1. The lowest BCUT2D eigenvalue weighted by molar-refractivity contribution is 0.373. The summed E-state index contributed by atoms with van der Waals surface area (Å²) in [7, 11) is 0. The molecule has 1 unspecified atom stereocenters. The maximum atomic E-state index is 5.28. The van der Waals surface area contributed by atoms with Crippen molar-refractivity contribution in [3.63, 3.8) is 0 Å². The largest absolute Gasteiger partial charge is 0.385 e. The van der Waals surface area contributed by atoms with Crippen LogP contribution in [0.1, 0.15) is 38.4 Å². The van der Waals surface area contributed by atoms with E-state index in [9.17, 15) is 0 Å². The summed E-state index contributed by atoms with van der Waals surface area (Å²) in [6, 6.07) is 10.2. The highest BCUT2D eigenvalue weighted by Gasteiger charge is 2.08. The second kappa shape index (κ2) is 8.72. The molecule has 1 aromatic carbocycles. The fraction of sp³-hybridized carbons (Fsp3) is 0.500. The van der Waals surface area contributed by atoms with Crippen LogP contribution in [0.5, 0.6) is 0 Å². The fourth-order valence-electron chi connectivity index (χ4n) is 1.81. The van der Waals surface area contributed by atoms with Gasteiger partial charge in [0.15, 0.2) is 5.82 Å².